The maximum atomic E-state index is 4.54. The lowest BCUT2D eigenvalue weighted by atomic mass is 9.75. The SMILES string of the molecule is CCc1cnc(C(C)NC2CC(c3cccc(Br)c3)C2)s1. The standard InChI is InChI=1S/C17H21BrN2S/c1-3-16-10-19-17(21-16)11(2)20-15-8-13(9-15)12-5-4-6-14(18)7-12/h4-7,10-11,13,15,20H,3,8-9H2,1-2H3. The highest BCUT2D eigenvalue weighted by molar-refractivity contribution is 9.10. The minimum Gasteiger partial charge on any atom is -0.305 e. The summed E-state index contributed by atoms with van der Waals surface area (Å²) < 4.78 is 1.18. The van der Waals surface area contributed by atoms with Crippen molar-refractivity contribution in [2.75, 3.05) is 0 Å². The molecule has 0 bridgehead atoms. The van der Waals surface area contributed by atoms with Crippen LogP contribution in [-0.4, -0.2) is 11.0 Å². The van der Waals surface area contributed by atoms with Crippen molar-refractivity contribution in [1.82, 2.24) is 10.3 Å². The Hall–Kier alpha value is -0.710. The van der Waals surface area contributed by atoms with Crippen LogP contribution in [0.5, 0.6) is 0 Å². The number of thiazole rings is 1. The van der Waals surface area contributed by atoms with Crippen molar-refractivity contribution in [2.24, 2.45) is 0 Å². The molecule has 1 aliphatic rings. The Morgan fingerprint density at radius 3 is 2.90 bits per heavy atom. The van der Waals surface area contributed by atoms with Crippen molar-refractivity contribution >= 4 is 27.3 Å². The number of nitrogens with zero attached hydrogens (tertiary/aromatic N) is 1. The van der Waals surface area contributed by atoms with Gasteiger partial charge in [0.05, 0.1) is 6.04 Å². The maximum Gasteiger partial charge on any atom is 0.109 e. The van der Waals surface area contributed by atoms with Gasteiger partial charge in [-0.2, -0.15) is 0 Å². The highest BCUT2D eigenvalue weighted by Gasteiger charge is 2.31. The fraction of sp³-hybridized carbons (Fsp3) is 0.471. The summed E-state index contributed by atoms with van der Waals surface area (Å²) in [5.74, 6) is 0.703. The summed E-state index contributed by atoms with van der Waals surface area (Å²) in [6.45, 7) is 4.41. The third kappa shape index (κ3) is 3.55. The van der Waals surface area contributed by atoms with Crippen LogP contribution in [0.4, 0.5) is 0 Å². The van der Waals surface area contributed by atoms with Crippen molar-refractivity contribution in [1.29, 1.82) is 0 Å². The zero-order valence-corrected chi connectivity index (χ0v) is 14.9. The predicted octanol–water partition coefficient (Wildman–Crippen LogP) is 5.06. The normalized spacial score (nSPS) is 22.8. The molecule has 0 saturated heterocycles. The lowest BCUT2D eigenvalue weighted by Crippen LogP contribution is -2.41. The molecule has 2 nitrogen and oxygen atoms in total. The number of aromatic nitrogens is 1. The molecule has 1 aromatic carbocycles. The summed E-state index contributed by atoms with van der Waals surface area (Å²) in [5.41, 5.74) is 1.46. The largest absolute Gasteiger partial charge is 0.305 e. The van der Waals surface area contributed by atoms with Crippen LogP contribution in [0.2, 0.25) is 0 Å². The van der Waals surface area contributed by atoms with Crippen molar-refractivity contribution in [3.05, 3.63) is 50.4 Å². The maximum absolute atomic E-state index is 4.54. The summed E-state index contributed by atoms with van der Waals surface area (Å²) in [6, 6.07) is 9.70. The molecular formula is C17H21BrN2S. The van der Waals surface area contributed by atoms with Gasteiger partial charge in [-0.1, -0.05) is 35.0 Å². The molecule has 1 unspecified atom stereocenters. The van der Waals surface area contributed by atoms with E-state index in [9.17, 15) is 0 Å². The second-order valence-corrected chi connectivity index (χ2v) is 7.89. The molecule has 1 fully saturated rings. The van der Waals surface area contributed by atoms with E-state index in [0.717, 1.165) is 6.42 Å². The summed E-state index contributed by atoms with van der Waals surface area (Å²) in [7, 11) is 0. The highest BCUT2D eigenvalue weighted by Crippen LogP contribution is 2.38. The summed E-state index contributed by atoms with van der Waals surface area (Å²) >= 11 is 5.39. The van der Waals surface area contributed by atoms with Crippen molar-refractivity contribution in [3.63, 3.8) is 0 Å². The number of aryl methyl sites for hydroxylation is 1. The lowest BCUT2D eigenvalue weighted by Gasteiger charge is -2.38. The predicted molar refractivity (Wildman–Crippen MR) is 92.9 cm³/mol. The average Bonchev–Trinajstić information content (AvgIpc) is 2.91. The van der Waals surface area contributed by atoms with Gasteiger partial charge in [-0.15, -0.1) is 11.3 Å². The van der Waals surface area contributed by atoms with E-state index in [1.807, 2.05) is 17.5 Å². The molecule has 1 heterocycles. The van der Waals surface area contributed by atoms with Gasteiger partial charge >= 0.3 is 0 Å². The van der Waals surface area contributed by atoms with E-state index in [0.29, 0.717) is 18.0 Å². The van der Waals surface area contributed by atoms with Gasteiger partial charge in [-0.3, -0.25) is 0 Å². The highest BCUT2D eigenvalue weighted by atomic mass is 79.9. The van der Waals surface area contributed by atoms with Gasteiger partial charge in [0.1, 0.15) is 5.01 Å². The third-order valence-electron chi connectivity index (χ3n) is 4.23. The molecular weight excluding hydrogens is 344 g/mol. The van der Waals surface area contributed by atoms with Crippen molar-refractivity contribution in [3.8, 4) is 0 Å². The molecule has 1 saturated carbocycles. The monoisotopic (exact) mass is 364 g/mol. The molecule has 0 spiro atoms. The second-order valence-electron chi connectivity index (χ2n) is 5.83. The molecule has 21 heavy (non-hydrogen) atoms. The van der Waals surface area contributed by atoms with Crippen molar-refractivity contribution < 1.29 is 0 Å². The van der Waals surface area contributed by atoms with Crippen LogP contribution in [-0.2, 0) is 6.42 Å². The number of rotatable bonds is 5. The molecule has 1 aromatic heterocycles. The molecule has 112 valence electrons. The first-order chi connectivity index (χ1) is 10.2. The number of nitrogens with one attached hydrogen (secondary N) is 1. The fourth-order valence-corrected chi connectivity index (χ4v) is 4.18. The van der Waals surface area contributed by atoms with Gasteiger partial charge in [0.15, 0.2) is 0 Å². The number of halogens is 1. The minimum atomic E-state index is 0.365. The topological polar surface area (TPSA) is 24.9 Å². The zero-order valence-electron chi connectivity index (χ0n) is 12.5. The van der Waals surface area contributed by atoms with Crippen molar-refractivity contribution in [2.45, 2.75) is 51.1 Å². The lowest BCUT2D eigenvalue weighted by molar-refractivity contribution is 0.270. The number of benzene rings is 1. The fourth-order valence-electron chi connectivity index (χ4n) is 2.90. The van der Waals surface area contributed by atoms with E-state index in [1.165, 1.54) is 32.8 Å². The van der Waals surface area contributed by atoms with Crippen LogP contribution in [0.25, 0.3) is 0 Å². The first kappa shape index (κ1) is 15.2. The minimum absolute atomic E-state index is 0.365. The Bertz CT molecular complexity index is 604. The van der Waals surface area contributed by atoms with Gasteiger partial charge in [0, 0.05) is 21.6 Å². The van der Waals surface area contributed by atoms with E-state index in [4.69, 9.17) is 0 Å². The molecule has 1 N–H and O–H groups in total. The molecule has 3 rings (SSSR count). The van der Waals surface area contributed by atoms with Crippen LogP contribution in [0.3, 0.4) is 0 Å². The molecule has 1 aliphatic carbocycles. The van der Waals surface area contributed by atoms with E-state index in [2.05, 4.69) is 64.3 Å². The Kier molecular flexibility index (Phi) is 4.77. The number of hydrogen-bond acceptors (Lipinski definition) is 3. The van der Waals surface area contributed by atoms with Crippen LogP contribution >= 0.6 is 27.3 Å². The van der Waals surface area contributed by atoms with E-state index >= 15 is 0 Å². The third-order valence-corrected chi connectivity index (χ3v) is 6.05. The van der Waals surface area contributed by atoms with E-state index in [-0.39, 0.29) is 0 Å². The summed E-state index contributed by atoms with van der Waals surface area (Å²) in [5, 5.41) is 4.94. The Morgan fingerprint density at radius 2 is 2.24 bits per heavy atom. The Morgan fingerprint density at radius 1 is 1.43 bits per heavy atom. The number of hydrogen-bond donors (Lipinski definition) is 1. The van der Waals surface area contributed by atoms with Crippen LogP contribution < -0.4 is 5.32 Å². The molecule has 0 aliphatic heterocycles. The summed E-state index contributed by atoms with van der Waals surface area (Å²) in [4.78, 5) is 5.91. The van der Waals surface area contributed by atoms with Crippen LogP contribution in [0, 0.1) is 0 Å². The molecule has 4 heteroatoms. The molecule has 0 radical (unpaired) electrons. The smallest absolute Gasteiger partial charge is 0.109 e. The van der Waals surface area contributed by atoms with Crippen LogP contribution in [0.15, 0.2) is 34.9 Å². The Balaban J connectivity index is 1.52. The van der Waals surface area contributed by atoms with Gasteiger partial charge in [0.25, 0.3) is 0 Å². The van der Waals surface area contributed by atoms with Crippen LogP contribution in [0.1, 0.15) is 54.1 Å². The Labute approximate surface area is 139 Å². The first-order valence-electron chi connectivity index (χ1n) is 7.61. The quantitative estimate of drug-likeness (QED) is 0.801. The van der Waals surface area contributed by atoms with Gasteiger partial charge < -0.3 is 5.32 Å². The zero-order chi connectivity index (χ0) is 14.8. The second kappa shape index (κ2) is 6.59. The first-order valence-corrected chi connectivity index (χ1v) is 9.22. The van der Waals surface area contributed by atoms with E-state index in [1.54, 1.807) is 0 Å². The van der Waals surface area contributed by atoms with Gasteiger partial charge in [0.2, 0.25) is 0 Å². The van der Waals surface area contributed by atoms with Gasteiger partial charge in [-0.05, 0) is 49.8 Å². The molecule has 0 amide bonds. The molecule has 2 aromatic rings. The summed E-state index contributed by atoms with van der Waals surface area (Å²) in [6.07, 6.45) is 5.56. The average molecular weight is 365 g/mol. The van der Waals surface area contributed by atoms with E-state index < -0.39 is 0 Å². The van der Waals surface area contributed by atoms with Gasteiger partial charge in [-0.25, -0.2) is 4.98 Å². The molecule has 1 atom stereocenters.